The molecule has 0 spiro atoms. The van der Waals surface area contributed by atoms with E-state index in [4.69, 9.17) is 22.7 Å². The molecule has 2 atom stereocenters. The summed E-state index contributed by atoms with van der Waals surface area (Å²) in [5.74, 6) is -2.33. The second-order valence-electron chi connectivity index (χ2n) is 8.02. The number of rotatable bonds is 4. The fourth-order valence-corrected chi connectivity index (χ4v) is 5.74. The third kappa shape index (κ3) is 5.15. The smallest absolute Gasteiger partial charge is 0.263 e. The average Bonchev–Trinajstić information content (AvgIpc) is 2.78. The summed E-state index contributed by atoms with van der Waals surface area (Å²) in [6.07, 6.45) is 1.02. The van der Waals surface area contributed by atoms with Gasteiger partial charge in [0.2, 0.25) is 5.11 Å². The molecule has 2 heterocycles. The van der Waals surface area contributed by atoms with E-state index in [1.165, 1.54) is 12.1 Å². The van der Waals surface area contributed by atoms with Crippen molar-refractivity contribution in [1.82, 2.24) is 9.62 Å². The number of benzene rings is 2. The van der Waals surface area contributed by atoms with E-state index in [1.807, 2.05) is 30.3 Å². The van der Waals surface area contributed by atoms with Gasteiger partial charge in [0, 0.05) is 49.5 Å². The maximum absolute atomic E-state index is 14.4. The van der Waals surface area contributed by atoms with E-state index < -0.39 is 22.0 Å². The highest BCUT2D eigenvalue weighted by atomic mass is 32.2. The number of aliphatic imine (C=N–C) groups is 1. The Morgan fingerprint density at radius 1 is 1.24 bits per heavy atom. The molecule has 3 N–H and O–H groups in total. The summed E-state index contributed by atoms with van der Waals surface area (Å²) in [4.78, 5) is 5.59. The van der Waals surface area contributed by atoms with Gasteiger partial charge in [0.05, 0.1) is 17.8 Å². The van der Waals surface area contributed by atoms with Gasteiger partial charge in [0.25, 0.3) is 15.9 Å². The molecule has 0 radical (unpaired) electrons. The lowest BCUT2D eigenvalue weighted by Gasteiger charge is -2.45. The monoisotopic (exact) mass is 494 g/mol. The van der Waals surface area contributed by atoms with Gasteiger partial charge in [-0.25, -0.2) is 22.2 Å². The Labute approximate surface area is 196 Å². The van der Waals surface area contributed by atoms with Gasteiger partial charge in [-0.05, 0) is 23.8 Å². The number of likely N-dealkylation sites (tertiary alicyclic amines) is 1. The van der Waals surface area contributed by atoms with Gasteiger partial charge in [0.15, 0.2) is 0 Å². The third-order valence-electron chi connectivity index (χ3n) is 5.93. The molecule has 0 saturated carbocycles. The van der Waals surface area contributed by atoms with Crippen molar-refractivity contribution in [1.29, 1.82) is 0 Å². The van der Waals surface area contributed by atoms with Crippen molar-refractivity contribution in [2.24, 2.45) is 10.7 Å². The normalized spacial score (nSPS) is 23.0. The molecule has 1 fully saturated rings. The molecule has 7 nitrogen and oxygen atoms in total. The van der Waals surface area contributed by atoms with Crippen LogP contribution in [0.4, 0.5) is 8.78 Å². The van der Waals surface area contributed by atoms with Crippen LogP contribution in [0.1, 0.15) is 42.5 Å². The van der Waals surface area contributed by atoms with Crippen LogP contribution in [0.3, 0.4) is 0 Å². The minimum absolute atomic E-state index is 0.0405. The summed E-state index contributed by atoms with van der Waals surface area (Å²) in [6, 6.07) is 13.2. The lowest BCUT2D eigenvalue weighted by atomic mass is 9.88. The number of nitrogens with two attached hydrogens (primary N) is 1. The molecule has 2 aliphatic heterocycles. The first-order valence-corrected chi connectivity index (χ1v) is 12.4. The van der Waals surface area contributed by atoms with E-state index in [-0.39, 0.29) is 35.4 Å². The van der Waals surface area contributed by atoms with Gasteiger partial charge in [0.1, 0.15) is 5.75 Å². The van der Waals surface area contributed by atoms with E-state index in [0.29, 0.717) is 18.8 Å². The first-order valence-electron chi connectivity index (χ1n) is 10.5. The number of nitrogens with one attached hydrogen (secondary N) is 1. The van der Waals surface area contributed by atoms with E-state index in [1.54, 1.807) is 6.07 Å². The first kappa shape index (κ1) is 23.5. The summed E-state index contributed by atoms with van der Waals surface area (Å²) < 4.78 is 61.9. The highest BCUT2D eigenvalue weighted by Gasteiger charge is 2.44. The van der Waals surface area contributed by atoms with Crippen molar-refractivity contribution < 1.29 is 21.9 Å². The maximum atomic E-state index is 14.4. The number of thiocarbonyl (C=S) groups is 1. The molecule has 0 unspecified atom stereocenters. The number of fused-ring (bicyclic) bond motifs is 1. The van der Waals surface area contributed by atoms with Gasteiger partial charge >= 0.3 is 0 Å². The van der Waals surface area contributed by atoms with E-state index in [0.717, 1.165) is 17.5 Å². The fraction of sp³-hybridized carbons (Fsp3) is 0.364. The number of piperidine rings is 1. The van der Waals surface area contributed by atoms with Crippen LogP contribution in [0.15, 0.2) is 58.4 Å². The van der Waals surface area contributed by atoms with Crippen LogP contribution in [0.5, 0.6) is 5.75 Å². The van der Waals surface area contributed by atoms with E-state index in [2.05, 4.69) is 14.6 Å². The molecule has 2 aromatic rings. The third-order valence-corrected chi connectivity index (χ3v) is 7.60. The van der Waals surface area contributed by atoms with Gasteiger partial charge in [-0.3, -0.25) is 9.62 Å². The van der Waals surface area contributed by atoms with Crippen molar-refractivity contribution in [3.8, 4) is 5.75 Å². The average molecular weight is 495 g/mol. The quantitative estimate of drug-likeness (QED) is 0.384. The summed E-state index contributed by atoms with van der Waals surface area (Å²) in [7, 11) is -3.98. The molecule has 4 rings (SSSR count). The topological polar surface area (TPSA) is 97.0 Å². The molecule has 2 aromatic carbocycles. The Hall–Kier alpha value is -2.63. The number of halogens is 2. The second kappa shape index (κ2) is 9.32. The number of alkyl halides is 2. The molecule has 0 aliphatic carbocycles. The van der Waals surface area contributed by atoms with Crippen LogP contribution >= 0.6 is 12.2 Å². The van der Waals surface area contributed by atoms with Crippen molar-refractivity contribution in [2.75, 3.05) is 13.2 Å². The number of sulfonamides is 1. The van der Waals surface area contributed by atoms with Crippen LogP contribution in [0.25, 0.3) is 0 Å². The van der Waals surface area contributed by atoms with Crippen molar-refractivity contribution in [2.45, 2.75) is 42.2 Å². The zero-order valence-electron chi connectivity index (χ0n) is 17.7. The zero-order valence-corrected chi connectivity index (χ0v) is 19.3. The van der Waals surface area contributed by atoms with Crippen molar-refractivity contribution in [3.63, 3.8) is 0 Å². The fourth-order valence-electron chi connectivity index (χ4n) is 4.44. The number of nitrogens with zero attached hydrogens (tertiary/aromatic N) is 2. The Balaban J connectivity index is 1.65. The number of hydrogen-bond donors (Lipinski definition) is 2. The maximum Gasteiger partial charge on any atom is 0.263 e. The highest BCUT2D eigenvalue weighted by molar-refractivity contribution is 7.91. The molecule has 0 amide bonds. The summed E-state index contributed by atoms with van der Waals surface area (Å²) in [5.41, 5.74) is 6.76. The molecule has 2 aliphatic rings. The minimum Gasteiger partial charge on any atom is -0.493 e. The van der Waals surface area contributed by atoms with Gasteiger partial charge in [-0.15, -0.1) is 0 Å². The Bertz CT molecular complexity index is 1160. The van der Waals surface area contributed by atoms with Gasteiger partial charge in [-0.1, -0.05) is 36.4 Å². The standard InChI is InChI=1S/C22H24F2N4O3S2/c23-22(24)9-10-28(19(13-22)15-4-2-1-3-5-15)18-8-11-31-20-12-16(6-7-17(18)20)33(29,30)27-21(32)26-14-25/h1-7,12,14,18-19H,8-11,13H2,(H3,25,26,27,32)/t18-,19-/m1/s1. The molecule has 1 saturated heterocycles. The van der Waals surface area contributed by atoms with Crippen molar-refractivity contribution >= 4 is 33.7 Å². The molecular weight excluding hydrogens is 470 g/mol. The predicted molar refractivity (Wildman–Crippen MR) is 125 cm³/mol. The lowest BCUT2D eigenvalue weighted by molar-refractivity contribution is -0.0931. The largest absolute Gasteiger partial charge is 0.493 e. The molecule has 0 bridgehead atoms. The summed E-state index contributed by atoms with van der Waals surface area (Å²) in [6.45, 7) is 0.572. The Morgan fingerprint density at radius 2 is 2.00 bits per heavy atom. The number of hydrogen-bond acceptors (Lipinski definition) is 5. The molecular formula is C22H24F2N4O3S2. The predicted octanol–water partition coefficient (Wildman–Crippen LogP) is 3.53. The number of ether oxygens (including phenoxy) is 1. The Morgan fingerprint density at radius 3 is 2.73 bits per heavy atom. The zero-order chi connectivity index (χ0) is 23.6. The van der Waals surface area contributed by atoms with Gasteiger partial charge in [-0.2, -0.15) is 0 Å². The summed E-state index contributed by atoms with van der Waals surface area (Å²) in [5, 5.41) is -0.283. The summed E-state index contributed by atoms with van der Waals surface area (Å²) >= 11 is 4.84. The molecule has 11 heteroatoms. The van der Waals surface area contributed by atoms with Crippen molar-refractivity contribution in [3.05, 3.63) is 59.7 Å². The second-order valence-corrected chi connectivity index (χ2v) is 10.1. The van der Waals surface area contributed by atoms with Crippen LogP contribution in [0, 0.1) is 0 Å². The van der Waals surface area contributed by atoms with Crippen LogP contribution in [-0.4, -0.2) is 43.8 Å². The highest BCUT2D eigenvalue weighted by Crippen LogP contribution is 2.47. The lowest BCUT2D eigenvalue weighted by Crippen LogP contribution is -2.44. The molecule has 33 heavy (non-hydrogen) atoms. The Kier molecular flexibility index (Phi) is 6.64. The molecule has 176 valence electrons. The van der Waals surface area contributed by atoms with Crippen LogP contribution < -0.4 is 15.2 Å². The van der Waals surface area contributed by atoms with Crippen LogP contribution in [-0.2, 0) is 10.0 Å². The molecule has 0 aromatic heterocycles. The van der Waals surface area contributed by atoms with E-state index >= 15 is 0 Å². The SMILES string of the molecule is NC=NC(=S)NS(=O)(=O)c1ccc2c(c1)OCC[C@H]2N1CCC(F)(F)C[C@@H]1c1ccccc1. The van der Waals surface area contributed by atoms with Crippen LogP contribution in [0.2, 0.25) is 0 Å². The minimum atomic E-state index is -3.98. The van der Waals surface area contributed by atoms with E-state index in [9.17, 15) is 17.2 Å². The first-order chi connectivity index (χ1) is 15.7. The van der Waals surface area contributed by atoms with Gasteiger partial charge < -0.3 is 10.5 Å².